The highest BCUT2D eigenvalue weighted by Gasteiger charge is 2.14. The Hall–Kier alpha value is -2.96. The molecule has 0 atom stereocenters. The van der Waals surface area contributed by atoms with E-state index in [1.165, 1.54) is 24.3 Å². The van der Waals surface area contributed by atoms with E-state index in [9.17, 15) is 19.3 Å². The number of ether oxygens (including phenoxy) is 1. The maximum atomic E-state index is 13.4. The number of nitrogens with zero attached hydrogens (tertiary/aromatic N) is 1. The van der Waals surface area contributed by atoms with Crippen molar-refractivity contribution in [1.29, 1.82) is 0 Å². The molecule has 2 aromatic carbocycles. The van der Waals surface area contributed by atoms with Gasteiger partial charge >= 0.3 is 5.69 Å². The van der Waals surface area contributed by atoms with Gasteiger partial charge in [-0.3, -0.25) is 14.9 Å². The summed E-state index contributed by atoms with van der Waals surface area (Å²) in [5.74, 6) is -0.905. The Labute approximate surface area is 125 Å². The van der Waals surface area contributed by atoms with E-state index in [1.54, 1.807) is 24.3 Å². The summed E-state index contributed by atoms with van der Waals surface area (Å²) in [6.07, 6.45) is 0. The molecule has 22 heavy (non-hydrogen) atoms. The highest BCUT2D eigenvalue weighted by molar-refractivity contribution is 5.77. The molecule has 0 bridgehead atoms. The highest BCUT2D eigenvalue weighted by atomic mass is 19.1. The van der Waals surface area contributed by atoms with Crippen LogP contribution >= 0.6 is 0 Å². The van der Waals surface area contributed by atoms with Crippen LogP contribution in [0.15, 0.2) is 48.5 Å². The molecular formula is C15H13FN2O4. The van der Waals surface area contributed by atoms with Crippen LogP contribution in [0, 0.1) is 15.9 Å². The third kappa shape index (κ3) is 4.02. The molecule has 0 heterocycles. The number of para-hydroxylation sites is 2. The van der Waals surface area contributed by atoms with Crippen LogP contribution in [0.2, 0.25) is 0 Å². The Morgan fingerprint density at radius 1 is 1.18 bits per heavy atom. The summed E-state index contributed by atoms with van der Waals surface area (Å²) in [5, 5.41) is 13.3. The molecule has 1 amide bonds. The summed E-state index contributed by atoms with van der Waals surface area (Å²) in [6.45, 7) is -0.370. The topological polar surface area (TPSA) is 81.5 Å². The van der Waals surface area contributed by atoms with Crippen molar-refractivity contribution in [2.24, 2.45) is 0 Å². The van der Waals surface area contributed by atoms with Crippen molar-refractivity contribution in [3.8, 4) is 5.75 Å². The van der Waals surface area contributed by atoms with E-state index in [-0.39, 0.29) is 24.6 Å². The molecule has 7 heteroatoms. The zero-order chi connectivity index (χ0) is 15.9. The summed E-state index contributed by atoms with van der Waals surface area (Å²) in [5.41, 5.74) is 0.131. The normalized spacial score (nSPS) is 10.0. The van der Waals surface area contributed by atoms with Gasteiger partial charge in [0, 0.05) is 18.2 Å². The van der Waals surface area contributed by atoms with Crippen molar-refractivity contribution < 1.29 is 18.8 Å². The van der Waals surface area contributed by atoms with Crippen LogP contribution in [0.1, 0.15) is 5.56 Å². The molecule has 2 rings (SSSR count). The molecule has 0 radical (unpaired) electrons. The van der Waals surface area contributed by atoms with Gasteiger partial charge in [-0.2, -0.15) is 0 Å². The van der Waals surface area contributed by atoms with Crippen molar-refractivity contribution in [2.75, 3.05) is 6.61 Å². The van der Waals surface area contributed by atoms with Crippen molar-refractivity contribution in [3.63, 3.8) is 0 Å². The number of rotatable bonds is 6. The van der Waals surface area contributed by atoms with Crippen molar-refractivity contribution in [3.05, 3.63) is 70.0 Å². The largest absolute Gasteiger partial charge is 0.477 e. The van der Waals surface area contributed by atoms with Crippen LogP contribution in [0.25, 0.3) is 0 Å². The van der Waals surface area contributed by atoms with Crippen molar-refractivity contribution >= 4 is 11.6 Å². The molecule has 0 spiro atoms. The van der Waals surface area contributed by atoms with Crippen LogP contribution in [-0.2, 0) is 11.3 Å². The van der Waals surface area contributed by atoms with Gasteiger partial charge in [-0.15, -0.1) is 0 Å². The zero-order valence-electron chi connectivity index (χ0n) is 11.5. The average Bonchev–Trinajstić information content (AvgIpc) is 2.52. The first kappa shape index (κ1) is 15.4. The van der Waals surface area contributed by atoms with Crippen LogP contribution in [0.5, 0.6) is 5.75 Å². The molecule has 0 aromatic heterocycles. The second-order valence-corrected chi connectivity index (χ2v) is 4.38. The zero-order valence-corrected chi connectivity index (χ0v) is 11.5. The SMILES string of the molecule is O=C(COc1ccccc1[N+](=O)[O-])NCc1ccccc1F. The van der Waals surface area contributed by atoms with E-state index >= 15 is 0 Å². The first-order valence-electron chi connectivity index (χ1n) is 6.44. The molecule has 0 aliphatic heterocycles. The van der Waals surface area contributed by atoms with E-state index in [2.05, 4.69) is 5.32 Å². The van der Waals surface area contributed by atoms with Crippen molar-refractivity contribution in [2.45, 2.75) is 6.54 Å². The number of hydrogen-bond acceptors (Lipinski definition) is 4. The monoisotopic (exact) mass is 304 g/mol. The third-order valence-corrected chi connectivity index (χ3v) is 2.85. The van der Waals surface area contributed by atoms with E-state index in [0.717, 1.165) is 0 Å². The molecule has 0 aliphatic carbocycles. The van der Waals surface area contributed by atoms with E-state index in [0.29, 0.717) is 5.56 Å². The van der Waals surface area contributed by atoms with Gasteiger partial charge in [0.2, 0.25) is 0 Å². The van der Waals surface area contributed by atoms with E-state index in [4.69, 9.17) is 4.74 Å². The number of hydrogen-bond donors (Lipinski definition) is 1. The second kappa shape index (κ2) is 7.16. The molecule has 0 unspecified atom stereocenters. The maximum Gasteiger partial charge on any atom is 0.310 e. The van der Waals surface area contributed by atoms with Crippen LogP contribution < -0.4 is 10.1 Å². The van der Waals surface area contributed by atoms with Crippen LogP contribution in [-0.4, -0.2) is 17.4 Å². The second-order valence-electron chi connectivity index (χ2n) is 4.38. The van der Waals surface area contributed by atoms with Gasteiger partial charge in [-0.25, -0.2) is 4.39 Å². The fraction of sp³-hybridized carbons (Fsp3) is 0.133. The quantitative estimate of drug-likeness (QED) is 0.656. The molecule has 0 aliphatic rings. The minimum Gasteiger partial charge on any atom is -0.477 e. The number of nitro benzene ring substituents is 1. The maximum absolute atomic E-state index is 13.4. The lowest BCUT2D eigenvalue weighted by Crippen LogP contribution is -2.28. The Morgan fingerprint density at radius 3 is 2.59 bits per heavy atom. The minimum atomic E-state index is -0.591. The Kier molecular flexibility index (Phi) is 5.02. The summed E-state index contributed by atoms with van der Waals surface area (Å²) in [4.78, 5) is 21.9. The molecular weight excluding hydrogens is 291 g/mol. The minimum absolute atomic E-state index is 0.00791. The number of carbonyl (C=O) groups excluding carboxylic acids is 1. The van der Waals surface area contributed by atoms with E-state index < -0.39 is 16.6 Å². The predicted octanol–water partition coefficient (Wildman–Crippen LogP) is 2.43. The lowest BCUT2D eigenvalue weighted by atomic mass is 10.2. The van der Waals surface area contributed by atoms with Gasteiger partial charge in [-0.1, -0.05) is 30.3 Å². The van der Waals surface area contributed by atoms with Gasteiger partial charge in [0.05, 0.1) is 4.92 Å². The summed E-state index contributed by atoms with van der Waals surface area (Å²) >= 11 is 0. The lowest BCUT2D eigenvalue weighted by molar-refractivity contribution is -0.385. The molecule has 6 nitrogen and oxygen atoms in total. The van der Waals surface area contributed by atoms with E-state index in [1.807, 2.05) is 0 Å². The van der Waals surface area contributed by atoms with Gasteiger partial charge in [0.15, 0.2) is 12.4 Å². The number of halogens is 1. The predicted molar refractivity (Wildman–Crippen MR) is 76.8 cm³/mol. The van der Waals surface area contributed by atoms with Crippen LogP contribution in [0.4, 0.5) is 10.1 Å². The Bertz CT molecular complexity index is 691. The Balaban J connectivity index is 1.89. The number of benzene rings is 2. The summed E-state index contributed by atoms with van der Waals surface area (Å²) in [7, 11) is 0. The molecule has 0 saturated carbocycles. The van der Waals surface area contributed by atoms with Gasteiger partial charge in [-0.05, 0) is 12.1 Å². The first-order valence-corrected chi connectivity index (χ1v) is 6.44. The molecule has 1 N–H and O–H groups in total. The number of carbonyl (C=O) groups is 1. The summed E-state index contributed by atoms with van der Waals surface area (Å²) < 4.78 is 18.5. The molecule has 2 aromatic rings. The molecule has 0 saturated heterocycles. The average molecular weight is 304 g/mol. The summed E-state index contributed by atoms with van der Waals surface area (Å²) in [6, 6.07) is 11.8. The van der Waals surface area contributed by atoms with Gasteiger partial charge in [0.1, 0.15) is 5.82 Å². The van der Waals surface area contributed by atoms with Gasteiger partial charge in [0.25, 0.3) is 5.91 Å². The van der Waals surface area contributed by atoms with Crippen LogP contribution in [0.3, 0.4) is 0 Å². The first-order chi connectivity index (χ1) is 10.6. The smallest absolute Gasteiger partial charge is 0.310 e. The fourth-order valence-corrected chi connectivity index (χ4v) is 1.76. The highest BCUT2D eigenvalue weighted by Crippen LogP contribution is 2.25. The Morgan fingerprint density at radius 2 is 1.86 bits per heavy atom. The number of nitrogens with one attached hydrogen (secondary N) is 1. The molecule has 114 valence electrons. The lowest BCUT2D eigenvalue weighted by Gasteiger charge is -2.08. The molecule has 0 fully saturated rings. The van der Waals surface area contributed by atoms with Crippen molar-refractivity contribution in [1.82, 2.24) is 5.32 Å². The van der Waals surface area contributed by atoms with Gasteiger partial charge < -0.3 is 10.1 Å². The number of amides is 1. The number of nitro groups is 1. The fourth-order valence-electron chi connectivity index (χ4n) is 1.76. The standard InChI is InChI=1S/C15H13FN2O4/c16-12-6-2-1-5-11(12)9-17-15(19)10-22-14-8-4-3-7-13(14)18(20)21/h1-8H,9-10H2,(H,17,19). The third-order valence-electron chi connectivity index (χ3n) is 2.85.